The monoisotopic (exact) mass is 397 g/mol. The van der Waals surface area contributed by atoms with Crippen LogP contribution in [-0.4, -0.2) is 32.4 Å². The first-order valence-corrected chi connectivity index (χ1v) is 9.31. The summed E-state index contributed by atoms with van der Waals surface area (Å²) >= 11 is 1.49. The number of carbonyl (C=O) groups excluding carboxylic acids is 1. The van der Waals surface area contributed by atoms with Crippen molar-refractivity contribution in [1.82, 2.24) is 14.8 Å². The van der Waals surface area contributed by atoms with E-state index in [9.17, 15) is 9.59 Å². The number of rotatable bonds is 6. The Morgan fingerprint density at radius 1 is 1.21 bits per heavy atom. The number of oxazole rings is 1. The van der Waals surface area contributed by atoms with Crippen LogP contribution >= 0.6 is 11.3 Å². The molecule has 28 heavy (non-hydrogen) atoms. The van der Waals surface area contributed by atoms with Crippen LogP contribution in [0.5, 0.6) is 0 Å². The number of aliphatic hydroxyl groups is 1. The molecule has 142 valence electrons. The van der Waals surface area contributed by atoms with Gasteiger partial charge in [0.2, 0.25) is 5.89 Å². The van der Waals surface area contributed by atoms with Crippen LogP contribution in [-0.2, 0) is 17.9 Å². The number of carbonyl (C=O) groups is 1. The quantitative estimate of drug-likeness (QED) is 0.498. The zero-order valence-electron chi connectivity index (χ0n) is 14.6. The average Bonchev–Trinajstić information content (AvgIpc) is 3.40. The van der Waals surface area contributed by atoms with Crippen LogP contribution in [0.15, 0.2) is 57.3 Å². The smallest absolute Gasteiger partial charge is 0.359 e. The second kappa shape index (κ2) is 7.75. The Bertz CT molecular complexity index is 1180. The minimum atomic E-state index is -0.691. The fourth-order valence-electron chi connectivity index (χ4n) is 2.73. The second-order valence-electron chi connectivity index (χ2n) is 5.84. The van der Waals surface area contributed by atoms with E-state index in [1.807, 2.05) is 17.5 Å². The van der Waals surface area contributed by atoms with Crippen LogP contribution in [0.3, 0.4) is 0 Å². The van der Waals surface area contributed by atoms with Gasteiger partial charge < -0.3 is 14.3 Å². The summed E-state index contributed by atoms with van der Waals surface area (Å²) in [5, 5.41) is 15.9. The van der Waals surface area contributed by atoms with Gasteiger partial charge in [-0.1, -0.05) is 24.3 Å². The maximum atomic E-state index is 12.6. The maximum absolute atomic E-state index is 12.6. The van der Waals surface area contributed by atoms with Crippen molar-refractivity contribution in [2.45, 2.75) is 13.2 Å². The molecular weight excluding hydrogens is 382 g/mol. The third-order valence-corrected chi connectivity index (χ3v) is 4.87. The van der Waals surface area contributed by atoms with Gasteiger partial charge >= 0.3 is 5.97 Å². The van der Waals surface area contributed by atoms with Gasteiger partial charge in [0.25, 0.3) is 5.56 Å². The molecule has 0 radical (unpaired) electrons. The molecule has 9 heteroatoms. The number of hydrogen-bond acceptors (Lipinski definition) is 8. The molecule has 0 aliphatic heterocycles. The summed E-state index contributed by atoms with van der Waals surface area (Å²) in [7, 11) is 0. The SMILES string of the molecule is O=C(OCc1coc(-c2cccs2)n1)c1nn(CCO)c(=O)c2ccccc12. The third kappa shape index (κ3) is 3.45. The number of benzene rings is 1. The zero-order valence-corrected chi connectivity index (χ0v) is 15.4. The van der Waals surface area contributed by atoms with Gasteiger partial charge in [-0.05, 0) is 17.5 Å². The number of hydrogen-bond donors (Lipinski definition) is 1. The zero-order chi connectivity index (χ0) is 19.5. The Kier molecular flexibility index (Phi) is 5.00. The highest BCUT2D eigenvalue weighted by molar-refractivity contribution is 7.13. The average molecular weight is 397 g/mol. The minimum absolute atomic E-state index is 0.00521. The third-order valence-electron chi connectivity index (χ3n) is 4.01. The minimum Gasteiger partial charge on any atom is -0.454 e. The Morgan fingerprint density at radius 2 is 2.04 bits per heavy atom. The fraction of sp³-hybridized carbons (Fsp3) is 0.158. The molecule has 1 aromatic carbocycles. The molecule has 0 spiro atoms. The van der Waals surface area contributed by atoms with Crippen molar-refractivity contribution in [2.75, 3.05) is 6.61 Å². The topological polar surface area (TPSA) is 107 Å². The molecule has 0 fully saturated rings. The van der Waals surface area contributed by atoms with Gasteiger partial charge in [0.05, 0.1) is 23.4 Å². The van der Waals surface area contributed by atoms with Crippen molar-refractivity contribution in [1.29, 1.82) is 0 Å². The van der Waals surface area contributed by atoms with Crippen LogP contribution in [0.1, 0.15) is 16.2 Å². The molecule has 3 heterocycles. The van der Waals surface area contributed by atoms with E-state index < -0.39 is 5.97 Å². The van der Waals surface area contributed by atoms with E-state index in [-0.39, 0.29) is 31.0 Å². The number of ether oxygens (including phenoxy) is 1. The standard InChI is InChI=1S/C19H15N3O5S/c23-8-7-22-18(24)14-5-2-1-4-13(14)16(21-22)19(25)27-11-12-10-26-17(20-12)15-6-3-9-28-15/h1-6,9-10,23H,7-8,11H2. The highest BCUT2D eigenvalue weighted by Crippen LogP contribution is 2.24. The molecule has 0 unspecified atom stereocenters. The Balaban J connectivity index is 1.59. The van der Waals surface area contributed by atoms with Gasteiger partial charge in [-0.25, -0.2) is 14.5 Å². The molecule has 8 nitrogen and oxygen atoms in total. The first-order chi connectivity index (χ1) is 13.7. The van der Waals surface area contributed by atoms with E-state index in [4.69, 9.17) is 14.3 Å². The Morgan fingerprint density at radius 3 is 2.79 bits per heavy atom. The largest absolute Gasteiger partial charge is 0.454 e. The van der Waals surface area contributed by atoms with E-state index in [1.165, 1.54) is 17.6 Å². The van der Waals surface area contributed by atoms with Crippen molar-refractivity contribution in [3.8, 4) is 10.8 Å². The fourth-order valence-corrected chi connectivity index (χ4v) is 3.38. The van der Waals surface area contributed by atoms with Gasteiger partial charge in [0.15, 0.2) is 5.69 Å². The Hall–Kier alpha value is -3.30. The van der Waals surface area contributed by atoms with E-state index in [1.54, 1.807) is 24.3 Å². The molecule has 1 N–H and O–H groups in total. The molecule has 0 bridgehead atoms. The molecule has 0 aliphatic carbocycles. The van der Waals surface area contributed by atoms with Crippen LogP contribution < -0.4 is 5.56 Å². The van der Waals surface area contributed by atoms with E-state index >= 15 is 0 Å². The molecular formula is C19H15N3O5S. The lowest BCUT2D eigenvalue weighted by Gasteiger charge is -2.09. The molecule has 0 atom stereocenters. The van der Waals surface area contributed by atoms with Crippen molar-refractivity contribution >= 4 is 28.1 Å². The molecule has 0 aliphatic rings. The first kappa shape index (κ1) is 18.1. The molecule has 3 aromatic heterocycles. The number of nitrogens with zero attached hydrogens (tertiary/aromatic N) is 3. The molecule has 0 saturated carbocycles. The van der Waals surface area contributed by atoms with Crippen LogP contribution in [0.2, 0.25) is 0 Å². The van der Waals surface area contributed by atoms with Gasteiger partial charge in [-0.3, -0.25) is 4.79 Å². The van der Waals surface area contributed by atoms with E-state index in [2.05, 4.69) is 10.1 Å². The molecule has 0 amide bonds. The summed E-state index contributed by atoms with van der Waals surface area (Å²) in [4.78, 5) is 30.2. The lowest BCUT2D eigenvalue weighted by atomic mass is 10.1. The number of thiophene rings is 1. The lowest BCUT2D eigenvalue weighted by molar-refractivity contribution is 0.0460. The summed E-state index contributed by atoms with van der Waals surface area (Å²) in [6.45, 7) is -0.385. The van der Waals surface area contributed by atoms with E-state index in [0.717, 1.165) is 9.56 Å². The van der Waals surface area contributed by atoms with Crippen molar-refractivity contribution in [2.24, 2.45) is 0 Å². The highest BCUT2D eigenvalue weighted by atomic mass is 32.1. The van der Waals surface area contributed by atoms with Gasteiger partial charge in [0.1, 0.15) is 18.6 Å². The number of esters is 1. The van der Waals surface area contributed by atoms with Gasteiger partial charge in [-0.15, -0.1) is 11.3 Å². The number of aliphatic hydroxyl groups excluding tert-OH is 1. The van der Waals surface area contributed by atoms with E-state index in [0.29, 0.717) is 22.4 Å². The summed E-state index contributed by atoms with van der Waals surface area (Å²) in [5.74, 6) is -0.232. The molecule has 0 saturated heterocycles. The van der Waals surface area contributed by atoms with Crippen molar-refractivity contribution in [3.63, 3.8) is 0 Å². The van der Waals surface area contributed by atoms with Gasteiger partial charge in [0, 0.05) is 5.39 Å². The van der Waals surface area contributed by atoms with Crippen molar-refractivity contribution in [3.05, 3.63) is 69.8 Å². The van der Waals surface area contributed by atoms with Crippen LogP contribution in [0.4, 0.5) is 0 Å². The molecule has 4 aromatic rings. The first-order valence-electron chi connectivity index (χ1n) is 8.43. The lowest BCUT2D eigenvalue weighted by Crippen LogP contribution is -2.27. The second-order valence-corrected chi connectivity index (χ2v) is 6.79. The summed E-state index contributed by atoms with van der Waals surface area (Å²) < 4.78 is 11.8. The normalized spacial score (nSPS) is 11.0. The van der Waals surface area contributed by atoms with Crippen molar-refractivity contribution < 1.29 is 19.1 Å². The van der Waals surface area contributed by atoms with Crippen LogP contribution in [0.25, 0.3) is 21.5 Å². The van der Waals surface area contributed by atoms with Gasteiger partial charge in [-0.2, -0.15) is 5.10 Å². The number of aromatic nitrogens is 3. The molecule has 4 rings (SSSR count). The summed E-state index contributed by atoms with van der Waals surface area (Å²) in [5.41, 5.74) is 0.0913. The maximum Gasteiger partial charge on any atom is 0.359 e. The summed E-state index contributed by atoms with van der Waals surface area (Å²) in [6.07, 6.45) is 1.43. The predicted molar refractivity (Wildman–Crippen MR) is 102 cm³/mol. The highest BCUT2D eigenvalue weighted by Gasteiger charge is 2.19. The predicted octanol–water partition coefficient (Wildman–Crippen LogP) is 2.46. The number of fused-ring (bicyclic) bond motifs is 1. The van der Waals surface area contributed by atoms with Crippen LogP contribution in [0, 0.1) is 0 Å². The Labute approximate surface area is 162 Å². The summed E-state index contributed by atoms with van der Waals surface area (Å²) in [6, 6.07) is 10.4.